The van der Waals surface area contributed by atoms with Crippen LogP contribution in [0.1, 0.15) is 11.3 Å². The Hall–Kier alpha value is -1.21. The van der Waals surface area contributed by atoms with E-state index < -0.39 is 12.8 Å². The molecule has 0 unspecified atom stereocenters. The van der Waals surface area contributed by atoms with Crippen LogP contribution in [-0.4, -0.2) is 17.8 Å². The van der Waals surface area contributed by atoms with Gasteiger partial charge in [-0.25, -0.2) is 4.98 Å². The van der Waals surface area contributed by atoms with Crippen LogP contribution in [0.25, 0.3) is 0 Å². The summed E-state index contributed by atoms with van der Waals surface area (Å²) in [7, 11) is 0. The first kappa shape index (κ1) is 15.2. The summed E-state index contributed by atoms with van der Waals surface area (Å²) in [4.78, 5) is 4.33. The van der Waals surface area contributed by atoms with E-state index in [0.717, 1.165) is 21.3 Å². The maximum absolute atomic E-state index is 12.0. The van der Waals surface area contributed by atoms with Crippen LogP contribution in [0.4, 0.5) is 13.2 Å². The van der Waals surface area contributed by atoms with E-state index in [9.17, 15) is 13.2 Å². The lowest BCUT2D eigenvalue weighted by Crippen LogP contribution is -2.19. The van der Waals surface area contributed by atoms with E-state index in [1.165, 1.54) is 0 Å². The van der Waals surface area contributed by atoms with E-state index in [1.54, 1.807) is 47.4 Å². The van der Waals surface area contributed by atoms with Crippen LogP contribution in [-0.2, 0) is 5.75 Å². The first-order valence-corrected chi connectivity index (χ1v) is 7.62. The second-order valence-electron chi connectivity index (χ2n) is 4.09. The van der Waals surface area contributed by atoms with Crippen molar-refractivity contribution < 1.29 is 17.9 Å². The van der Waals surface area contributed by atoms with Crippen LogP contribution in [0.15, 0.2) is 34.0 Å². The van der Waals surface area contributed by atoms with Gasteiger partial charge in [-0.3, -0.25) is 0 Å². The van der Waals surface area contributed by atoms with Crippen molar-refractivity contribution in [1.82, 2.24) is 4.98 Å². The molecule has 0 fully saturated rings. The summed E-state index contributed by atoms with van der Waals surface area (Å²) in [6.45, 7) is 0.673. The Labute approximate surface area is 123 Å². The van der Waals surface area contributed by atoms with Gasteiger partial charge < -0.3 is 4.74 Å². The van der Waals surface area contributed by atoms with E-state index >= 15 is 0 Å². The molecule has 1 aromatic heterocycles. The number of rotatable bonds is 5. The minimum absolute atomic E-state index is 0.223. The van der Waals surface area contributed by atoms with Gasteiger partial charge in [0.25, 0.3) is 0 Å². The molecule has 0 aliphatic rings. The van der Waals surface area contributed by atoms with Crippen molar-refractivity contribution in [2.75, 3.05) is 6.61 Å². The van der Waals surface area contributed by atoms with Gasteiger partial charge in [-0.1, -0.05) is 23.9 Å². The molecule has 0 aliphatic heterocycles. The van der Waals surface area contributed by atoms with Gasteiger partial charge in [0.05, 0.1) is 0 Å². The molecule has 2 rings (SSSR count). The average Bonchev–Trinajstić information content (AvgIpc) is 2.80. The number of halogens is 3. The molecule has 108 valence electrons. The Morgan fingerprint density at radius 1 is 1.25 bits per heavy atom. The third-order valence-corrected chi connectivity index (χ3v) is 4.50. The molecule has 0 N–H and O–H groups in total. The molecule has 0 aliphatic carbocycles. The van der Waals surface area contributed by atoms with E-state index in [0.29, 0.717) is 0 Å². The van der Waals surface area contributed by atoms with Gasteiger partial charge in [-0.05, 0) is 24.6 Å². The number of aromatic nitrogens is 1. The normalized spacial score (nSPS) is 11.6. The minimum atomic E-state index is -4.31. The van der Waals surface area contributed by atoms with Crippen molar-refractivity contribution in [3.05, 3.63) is 40.9 Å². The van der Waals surface area contributed by atoms with Crippen LogP contribution in [0.5, 0.6) is 5.75 Å². The molecular formula is C13H12F3NOS2. The van der Waals surface area contributed by atoms with E-state index in [2.05, 4.69) is 9.72 Å². The SMILES string of the molecule is Cc1csc(SCc2ccc(OCC(F)(F)F)cc2)n1. The molecule has 0 saturated carbocycles. The quantitative estimate of drug-likeness (QED) is 0.747. The highest BCUT2D eigenvalue weighted by Gasteiger charge is 2.28. The lowest BCUT2D eigenvalue weighted by molar-refractivity contribution is -0.153. The van der Waals surface area contributed by atoms with Crippen LogP contribution in [0.2, 0.25) is 0 Å². The maximum atomic E-state index is 12.0. The number of hydrogen-bond donors (Lipinski definition) is 0. The standard InChI is InChI=1S/C13H12F3NOS2/c1-9-6-19-12(17-9)20-7-10-2-4-11(5-3-10)18-8-13(14,15)16/h2-6H,7-8H2,1H3. The Morgan fingerprint density at radius 2 is 1.95 bits per heavy atom. The summed E-state index contributed by atoms with van der Waals surface area (Å²) in [6.07, 6.45) is -4.31. The Morgan fingerprint density at radius 3 is 2.50 bits per heavy atom. The second-order valence-corrected chi connectivity index (χ2v) is 6.17. The molecule has 20 heavy (non-hydrogen) atoms. The van der Waals surface area contributed by atoms with Crippen molar-refractivity contribution >= 4 is 23.1 Å². The highest BCUT2D eigenvalue weighted by Crippen LogP contribution is 2.27. The number of thioether (sulfide) groups is 1. The van der Waals surface area contributed by atoms with Crippen molar-refractivity contribution in [3.8, 4) is 5.75 Å². The molecular weight excluding hydrogens is 307 g/mol. The van der Waals surface area contributed by atoms with Gasteiger partial charge in [-0.15, -0.1) is 11.3 Å². The van der Waals surface area contributed by atoms with Crippen molar-refractivity contribution in [2.45, 2.75) is 23.2 Å². The number of nitrogens with zero attached hydrogens (tertiary/aromatic N) is 1. The lowest BCUT2D eigenvalue weighted by atomic mass is 10.2. The third kappa shape index (κ3) is 5.05. The molecule has 7 heteroatoms. The topological polar surface area (TPSA) is 22.1 Å². The summed E-state index contributed by atoms with van der Waals surface area (Å²) in [5.74, 6) is 0.952. The number of aryl methyl sites for hydroxylation is 1. The summed E-state index contributed by atoms with van der Waals surface area (Å²) in [6, 6.07) is 6.63. The minimum Gasteiger partial charge on any atom is -0.484 e. The fraction of sp³-hybridized carbons (Fsp3) is 0.308. The molecule has 0 bridgehead atoms. The van der Waals surface area contributed by atoms with Crippen molar-refractivity contribution in [2.24, 2.45) is 0 Å². The molecule has 1 aromatic carbocycles. The van der Waals surface area contributed by atoms with Gasteiger partial charge in [0, 0.05) is 16.8 Å². The summed E-state index contributed by atoms with van der Waals surface area (Å²) >= 11 is 3.19. The van der Waals surface area contributed by atoms with Crippen LogP contribution in [0.3, 0.4) is 0 Å². The zero-order chi connectivity index (χ0) is 14.6. The number of ether oxygens (including phenoxy) is 1. The molecule has 0 saturated heterocycles. The van der Waals surface area contributed by atoms with Gasteiger partial charge >= 0.3 is 6.18 Å². The van der Waals surface area contributed by atoms with E-state index in [4.69, 9.17) is 0 Å². The zero-order valence-electron chi connectivity index (χ0n) is 10.6. The smallest absolute Gasteiger partial charge is 0.422 e. The maximum Gasteiger partial charge on any atom is 0.422 e. The number of thiazole rings is 1. The van der Waals surface area contributed by atoms with Crippen LogP contribution >= 0.6 is 23.1 Å². The monoisotopic (exact) mass is 319 g/mol. The van der Waals surface area contributed by atoms with Crippen molar-refractivity contribution in [1.29, 1.82) is 0 Å². The number of alkyl halides is 3. The van der Waals surface area contributed by atoms with Gasteiger partial charge in [0.2, 0.25) is 0 Å². The summed E-state index contributed by atoms with van der Waals surface area (Å²) in [5.41, 5.74) is 2.01. The first-order chi connectivity index (χ1) is 9.42. The predicted molar refractivity (Wildman–Crippen MR) is 74.4 cm³/mol. The molecule has 1 heterocycles. The largest absolute Gasteiger partial charge is 0.484 e. The second kappa shape index (κ2) is 6.49. The van der Waals surface area contributed by atoms with Gasteiger partial charge in [-0.2, -0.15) is 13.2 Å². The molecule has 2 nitrogen and oxygen atoms in total. The summed E-state index contributed by atoms with van der Waals surface area (Å²) < 4.78 is 41.6. The zero-order valence-corrected chi connectivity index (χ0v) is 12.2. The Kier molecular flexibility index (Phi) is 4.93. The van der Waals surface area contributed by atoms with Crippen LogP contribution in [0, 0.1) is 6.92 Å². The predicted octanol–water partition coefficient (Wildman–Crippen LogP) is 4.68. The highest BCUT2D eigenvalue weighted by atomic mass is 32.2. The average molecular weight is 319 g/mol. The fourth-order valence-electron chi connectivity index (χ4n) is 1.39. The molecule has 0 radical (unpaired) electrons. The molecule has 0 spiro atoms. The highest BCUT2D eigenvalue weighted by molar-refractivity contribution is 8.00. The lowest BCUT2D eigenvalue weighted by Gasteiger charge is -2.09. The Bertz CT molecular complexity index is 551. The van der Waals surface area contributed by atoms with E-state index in [-0.39, 0.29) is 5.75 Å². The van der Waals surface area contributed by atoms with Crippen molar-refractivity contribution in [3.63, 3.8) is 0 Å². The first-order valence-electron chi connectivity index (χ1n) is 5.76. The third-order valence-electron chi connectivity index (χ3n) is 2.29. The molecule has 2 aromatic rings. The Balaban J connectivity index is 1.85. The van der Waals surface area contributed by atoms with Crippen LogP contribution < -0.4 is 4.74 Å². The fourth-order valence-corrected chi connectivity index (χ4v) is 3.20. The summed E-state index contributed by atoms with van der Waals surface area (Å²) in [5, 5.41) is 1.98. The molecule has 0 amide bonds. The van der Waals surface area contributed by atoms with Gasteiger partial charge in [0.1, 0.15) is 10.1 Å². The van der Waals surface area contributed by atoms with E-state index in [1.807, 2.05) is 12.3 Å². The molecule has 0 atom stereocenters. The number of benzene rings is 1. The van der Waals surface area contributed by atoms with Gasteiger partial charge in [0.15, 0.2) is 6.61 Å². The number of hydrogen-bond acceptors (Lipinski definition) is 4.